The van der Waals surface area contributed by atoms with Gasteiger partial charge in [-0.25, -0.2) is 4.98 Å². The molecule has 0 unspecified atom stereocenters. The average molecular weight is 231 g/mol. The topological polar surface area (TPSA) is 54.7 Å². The minimum absolute atomic E-state index is 0.603. The van der Waals surface area contributed by atoms with Gasteiger partial charge in [0.25, 0.3) is 0 Å². The van der Waals surface area contributed by atoms with Crippen LogP contribution in [0.1, 0.15) is 5.56 Å². The lowest BCUT2D eigenvalue weighted by atomic mass is 10.3. The van der Waals surface area contributed by atoms with E-state index in [0.717, 1.165) is 22.0 Å². The minimum atomic E-state index is 0.603. The van der Waals surface area contributed by atoms with Gasteiger partial charge in [0.15, 0.2) is 11.6 Å². The van der Waals surface area contributed by atoms with E-state index in [1.807, 2.05) is 30.5 Å². The van der Waals surface area contributed by atoms with Crippen LogP contribution in [0.15, 0.2) is 34.3 Å². The van der Waals surface area contributed by atoms with Crippen LogP contribution in [0.3, 0.4) is 0 Å². The fraction of sp³-hybridized carbons (Fsp3) is 0.0909. The van der Waals surface area contributed by atoms with Crippen LogP contribution in [-0.4, -0.2) is 15.2 Å². The Balaban J connectivity index is 2.03. The molecule has 3 heterocycles. The number of H-pyrrole nitrogens is 1. The molecule has 4 nitrogen and oxygen atoms in total. The number of aromatic amines is 1. The summed E-state index contributed by atoms with van der Waals surface area (Å²) in [4.78, 5) is 5.48. The largest absolute Gasteiger partial charge is 0.461 e. The lowest BCUT2D eigenvalue weighted by Crippen LogP contribution is -1.79. The van der Waals surface area contributed by atoms with Crippen molar-refractivity contribution in [3.63, 3.8) is 0 Å². The Morgan fingerprint density at radius 1 is 1.38 bits per heavy atom. The van der Waals surface area contributed by atoms with Crippen molar-refractivity contribution in [2.45, 2.75) is 6.92 Å². The quantitative estimate of drug-likeness (QED) is 0.737. The summed E-state index contributed by atoms with van der Waals surface area (Å²) in [6.45, 7) is 1.97. The van der Waals surface area contributed by atoms with Crippen LogP contribution >= 0.6 is 11.3 Å². The second kappa shape index (κ2) is 3.61. The summed E-state index contributed by atoms with van der Waals surface area (Å²) < 4.78 is 5.34. The Morgan fingerprint density at radius 2 is 2.31 bits per heavy atom. The van der Waals surface area contributed by atoms with Crippen molar-refractivity contribution >= 4 is 11.3 Å². The molecule has 0 aliphatic rings. The van der Waals surface area contributed by atoms with Gasteiger partial charge in [0.05, 0.1) is 11.1 Å². The highest BCUT2D eigenvalue weighted by Gasteiger charge is 2.12. The van der Waals surface area contributed by atoms with Crippen molar-refractivity contribution in [1.82, 2.24) is 15.2 Å². The standard InChI is InChI=1S/C11H9N3OS/c1-7-4-5-15-9(7)11-12-10(13-14-11)8-3-2-6-16-8/h2-6H,1H3,(H,12,13,14). The van der Waals surface area contributed by atoms with Crippen molar-refractivity contribution in [2.75, 3.05) is 0 Å². The molecule has 0 spiro atoms. The van der Waals surface area contributed by atoms with Gasteiger partial charge in [-0.1, -0.05) is 6.07 Å². The van der Waals surface area contributed by atoms with Crippen molar-refractivity contribution in [3.05, 3.63) is 35.4 Å². The molecule has 16 heavy (non-hydrogen) atoms. The van der Waals surface area contributed by atoms with Gasteiger partial charge in [0, 0.05) is 0 Å². The van der Waals surface area contributed by atoms with E-state index in [4.69, 9.17) is 4.42 Å². The number of rotatable bonds is 2. The third-order valence-corrected chi connectivity index (χ3v) is 3.18. The van der Waals surface area contributed by atoms with E-state index in [1.54, 1.807) is 17.6 Å². The molecule has 0 amide bonds. The first kappa shape index (κ1) is 9.35. The molecule has 0 saturated heterocycles. The maximum atomic E-state index is 5.34. The van der Waals surface area contributed by atoms with Crippen LogP contribution in [0.5, 0.6) is 0 Å². The Hall–Kier alpha value is -1.88. The van der Waals surface area contributed by atoms with Crippen LogP contribution in [0.2, 0.25) is 0 Å². The smallest absolute Gasteiger partial charge is 0.217 e. The highest BCUT2D eigenvalue weighted by atomic mass is 32.1. The lowest BCUT2D eigenvalue weighted by Gasteiger charge is -1.89. The molecule has 3 rings (SSSR count). The van der Waals surface area contributed by atoms with Crippen LogP contribution in [0.4, 0.5) is 0 Å². The number of nitrogens with one attached hydrogen (secondary N) is 1. The predicted molar refractivity (Wildman–Crippen MR) is 62.1 cm³/mol. The molecule has 3 aromatic rings. The fourth-order valence-electron chi connectivity index (χ4n) is 1.49. The molecule has 0 aromatic carbocycles. The van der Waals surface area contributed by atoms with Crippen molar-refractivity contribution < 1.29 is 4.42 Å². The van der Waals surface area contributed by atoms with Crippen molar-refractivity contribution in [2.24, 2.45) is 0 Å². The molecule has 0 aliphatic heterocycles. The minimum Gasteiger partial charge on any atom is -0.461 e. The van der Waals surface area contributed by atoms with E-state index >= 15 is 0 Å². The van der Waals surface area contributed by atoms with Gasteiger partial charge >= 0.3 is 0 Å². The second-order valence-corrected chi connectivity index (χ2v) is 4.37. The molecule has 3 aromatic heterocycles. The molecule has 0 saturated carbocycles. The summed E-state index contributed by atoms with van der Waals surface area (Å²) in [7, 11) is 0. The zero-order valence-corrected chi connectivity index (χ0v) is 9.41. The van der Waals surface area contributed by atoms with Gasteiger partial charge in [0.1, 0.15) is 0 Å². The van der Waals surface area contributed by atoms with Gasteiger partial charge < -0.3 is 4.42 Å². The molecule has 0 atom stereocenters. The number of nitrogens with zero attached hydrogens (tertiary/aromatic N) is 2. The molecule has 5 heteroatoms. The van der Waals surface area contributed by atoms with E-state index in [9.17, 15) is 0 Å². The highest BCUT2D eigenvalue weighted by Crippen LogP contribution is 2.25. The number of hydrogen-bond acceptors (Lipinski definition) is 4. The normalized spacial score (nSPS) is 10.8. The zero-order chi connectivity index (χ0) is 11.0. The summed E-state index contributed by atoms with van der Waals surface area (Å²) in [5.74, 6) is 2.10. The van der Waals surface area contributed by atoms with Gasteiger partial charge in [0.2, 0.25) is 5.82 Å². The monoisotopic (exact) mass is 231 g/mol. The van der Waals surface area contributed by atoms with Crippen LogP contribution in [0, 0.1) is 6.92 Å². The van der Waals surface area contributed by atoms with Crippen LogP contribution in [-0.2, 0) is 0 Å². The molecule has 1 N–H and O–H groups in total. The van der Waals surface area contributed by atoms with Crippen molar-refractivity contribution in [3.8, 4) is 22.3 Å². The Labute approximate surface area is 96.0 Å². The number of hydrogen-bond donors (Lipinski definition) is 1. The summed E-state index contributed by atoms with van der Waals surface area (Å²) in [5, 5.41) is 9.07. The maximum absolute atomic E-state index is 5.34. The molecular formula is C11H9N3OS. The first-order valence-corrected chi connectivity index (χ1v) is 5.73. The van der Waals surface area contributed by atoms with Gasteiger partial charge in [-0.3, -0.25) is 5.10 Å². The third-order valence-electron chi connectivity index (χ3n) is 2.31. The fourth-order valence-corrected chi connectivity index (χ4v) is 2.15. The van der Waals surface area contributed by atoms with Gasteiger partial charge in [-0.15, -0.1) is 16.4 Å². The maximum Gasteiger partial charge on any atom is 0.217 e. The Kier molecular flexibility index (Phi) is 2.11. The summed E-state index contributed by atoms with van der Waals surface area (Å²) >= 11 is 1.63. The zero-order valence-electron chi connectivity index (χ0n) is 8.60. The SMILES string of the molecule is Cc1ccoc1-c1n[nH]c(-c2cccs2)n1. The first-order chi connectivity index (χ1) is 7.84. The third kappa shape index (κ3) is 1.45. The Bertz CT molecular complexity index is 594. The van der Waals surface area contributed by atoms with Gasteiger partial charge in [-0.05, 0) is 30.0 Å². The summed E-state index contributed by atoms with van der Waals surface area (Å²) in [6.07, 6.45) is 1.64. The van der Waals surface area contributed by atoms with E-state index in [1.165, 1.54) is 0 Å². The van der Waals surface area contributed by atoms with Gasteiger partial charge in [-0.2, -0.15) is 0 Å². The Morgan fingerprint density at radius 3 is 3.00 bits per heavy atom. The first-order valence-electron chi connectivity index (χ1n) is 4.85. The van der Waals surface area contributed by atoms with Crippen LogP contribution < -0.4 is 0 Å². The number of aryl methyl sites for hydroxylation is 1. The highest BCUT2D eigenvalue weighted by molar-refractivity contribution is 7.13. The average Bonchev–Trinajstić information content (AvgIpc) is 2.96. The number of aromatic nitrogens is 3. The van der Waals surface area contributed by atoms with Crippen LogP contribution in [0.25, 0.3) is 22.3 Å². The molecule has 0 bridgehead atoms. The van der Waals surface area contributed by atoms with Crippen molar-refractivity contribution in [1.29, 1.82) is 0 Å². The van der Waals surface area contributed by atoms with E-state index in [0.29, 0.717) is 5.82 Å². The predicted octanol–water partition coefficient (Wildman–Crippen LogP) is 3.10. The number of thiophene rings is 1. The van der Waals surface area contributed by atoms with E-state index in [-0.39, 0.29) is 0 Å². The summed E-state index contributed by atoms with van der Waals surface area (Å²) in [6, 6.07) is 5.89. The van der Waals surface area contributed by atoms with E-state index < -0.39 is 0 Å². The second-order valence-electron chi connectivity index (χ2n) is 3.42. The van der Waals surface area contributed by atoms with E-state index in [2.05, 4.69) is 15.2 Å². The molecule has 0 fully saturated rings. The number of furan rings is 1. The summed E-state index contributed by atoms with van der Waals surface area (Å²) in [5.41, 5.74) is 1.04. The molecule has 0 aliphatic carbocycles. The lowest BCUT2D eigenvalue weighted by molar-refractivity contribution is 0.576. The molecular weight excluding hydrogens is 222 g/mol. The molecule has 80 valence electrons. The molecule has 0 radical (unpaired) electrons.